The van der Waals surface area contributed by atoms with Gasteiger partial charge in [-0.3, -0.25) is 4.79 Å². The van der Waals surface area contributed by atoms with E-state index in [1.54, 1.807) is 12.1 Å². The van der Waals surface area contributed by atoms with Crippen LogP contribution in [0.3, 0.4) is 0 Å². The number of amides is 1. The maximum absolute atomic E-state index is 13.1. The zero-order chi connectivity index (χ0) is 22.4. The first kappa shape index (κ1) is 22.4. The average molecular weight is 439 g/mol. The Labute approximate surface area is 186 Å². The van der Waals surface area contributed by atoms with Gasteiger partial charge in [0.2, 0.25) is 5.75 Å². The van der Waals surface area contributed by atoms with Crippen LogP contribution in [0, 0.1) is 19.3 Å². The largest absolute Gasteiger partial charge is 0.490 e. The summed E-state index contributed by atoms with van der Waals surface area (Å²) in [5.74, 6) is 3.64. The molecule has 1 amide bonds. The van der Waals surface area contributed by atoms with Crippen molar-refractivity contribution in [3.8, 4) is 29.6 Å². The van der Waals surface area contributed by atoms with Crippen LogP contribution >= 0.6 is 11.3 Å². The van der Waals surface area contributed by atoms with Crippen molar-refractivity contribution in [1.82, 2.24) is 4.57 Å². The molecular weight excluding hydrogens is 412 g/mol. The summed E-state index contributed by atoms with van der Waals surface area (Å²) in [7, 11) is 0. The zero-order valence-electron chi connectivity index (χ0n) is 18.2. The number of carbonyl (C=O) groups excluding carboxylic acids is 1. The Bertz CT molecular complexity index is 1170. The highest BCUT2D eigenvalue weighted by Gasteiger charge is 2.18. The first-order valence-corrected chi connectivity index (χ1v) is 11.0. The van der Waals surface area contributed by atoms with E-state index < -0.39 is 5.91 Å². The minimum absolute atomic E-state index is 0.326. The number of nitrogens with zero attached hydrogens (tertiary/aromatic N) is 2. The maximum atomic E-state index is 13.1. The van der Waals surface area contributed by atoms with Crippen LogP contribution in [0.2, 0.25) is 0 Å². The Hall–Kier alpha value is -3.24. The van der Waals surface area contributed by atoms with E-state index in [0.717, 1.165) is 15.8 Å². The Morgan fingerprint density at radius 1 is 1.06 bits per heavy atom. The lowest BCUT2D eigenvalue weighted by molar-refractivity contribution is 0.0996. The molecule has 0 unspecified atom stereocenters. The first-order valence-electron chi connectivity index (χ1n) is 10.2. The number of rotatable bonds is 8. The second kappa shape index (κ2) is 10.2. The van der Waals surface area contributed by atoms with E-state index in [9.17, 15) is 4.79 Å². The number of carbonyl (C=O) groups is 1. The molecule has 7 heteroatoms. The number of hydrogen-bond donors (Lipinski definition) is 0. The molecule has 0 saturated carbocycles. The normalized spacial score (nSPS) is 11.4. The molecule has 0 fully saturated rings. The number of thiazole rings is 1. The monoisotopic (exact) mass is 438 g/mol. The molecule has 0 aliphatic carbocycles. The molecule has 162 valence electrons. The molecule has 3 rings (SSSR count). The number of ether oxygens (including phenoxy) is 3. The summed E-state index contributed by atoms with van der Waals surface area (Å²) in [4.78, 5) is 18.1. The van der Waals surface area contributed by atoms with Gasteiger partial charge in [0.1, 0.15) is 0 Å². The van der Waals surface area contributed by atoms with Gasteiger partial charge in [0, 0.05) is 5.56 Å². The number of aryl methyl sites for hydroxylation is 1. The quantitative estimate of drug-likeness (QED) is 0.483. The van der Waals surface area contributed by atoms with Gasteiger partial charge in [-0.1, -0.05) is 23.3 Å². The van der Waals surface area contributed by atoms with Crippen molar-refractivity contribution >= 4 is 27.5 Å². The topological polar surface area (TPSA) is 62.1 Å². The second-order valence-corrected chi connectivity index (χ2v) is 7.67. The molecule has 0 aliphatic heterocycles. The average Bonchev–Trinajstić information content (AvgIpc) is 3.06. The molecule has 0 N–H and O–H groups in total. The van der Waals surface area contributed by atoms with Crippen molar-refractivity contribution in [2.24, 2.45) is 4.99 Å². The van der Waals surface area contributed by atoms with Crippen molar-refractivity contribution in [2.45, 2.75) is 34.2 Å². The predicted molar refractivity (Wildman–Crippen MR) is 123 cm³/mol. The Kier molecular flexibility index (Phi) is 7.37. The SMILES string of the molecule is C#CCn1c(=NC(=O)c2cc(OCC)c(OCC)c(OCC)c2)sc2cc(C)ccc21. The molecule has 6 nitrogen and oxygen atoms in total. The smallest absolute Gasteiger partial charge is 0.279 e. The zero-order valence-corrected chi connectivity index (χ0v) is 19.0. The number of hydrogen-bond acceptors (Lipinski definition) is 5. The number of benzene rings is 2. The van der Waals surface area contributed by atoms with Gasteiger partial charge in [-0.25, -0.2) is 0 Å². The van der Waals surface area contributed by atoms with E-state index in [4.69, 9.17) is 20.6 Å². The van der Waals surface area contributed by atoms with Crippen LogP contribution in [-0.2, 0) is 6.54 Å². The van der Waals surface area contributed by atoms with Crippen molar-refractivity contribution in [3.05, 3.63) is 46.3 Å². The summed E-state index contributed by atoms with van der Waals surface area (Å²) >= 11 is 1.43. The van der Waals surface area contributed by atoms with Crippen LogP contribution in [-0.4, -0.2) is 30.3 Å². The van der Waals surface area contributed by atoms with Crippen molar-refractivity contribution in [1.29, 1.82) is 0 Å². The van der Waals surface area contributed by atoms with Gasteiger partial charge in [0.25, 0.3) is 5.91 Å². The van der Waals surface area contributed by atoms with Crippen LogP contribution < -0.4 is 19.0 Å². The van der Waals surface area contributed by atoms with Crippen LogP contribution in [0.4, 0.5) is 0 Å². The van der Waals surface area contributed by atoms with Crippen LogP contribution in [0.5, 0.6) is 17.2 Å². The van der Waals surface area contributed by atoms with Gasteiger partial charge in [0.15, 0.2) is 16.3 Å². The third-order valence-corrected chi connectivity index (χ3v) is 5.48. The van der Waals surface area contributed by atoms with E-state index in [2.05, 4.69) is 17.0 Å². The molecule has 0 radical (unpaired) electrons. The molecule has 1 aromatic heterocycles. The summed E-state index contributed by atoms with van der Waals surface area (Å²) in [6.07, 6.45) is 5.56. The van der Waals surface area contributed by atoms with E-state index in [0.29, 0.717) is 54.0 Å². The molecule has 0 saturated heterocycles. The highest BCUT2D eigenvalue weighted by molar-refractivity contribution is 7.16. The lowest BCUT2D eigenvalue weighted by Crippen LogP contribution is -2.16. The fourth-order valence-electron chi connectivity index (χ4n) is 3.17. The van der Waals surface area contributed by atoms with Crippen molar-refractivity contribution in [2.75, 3.05) is 19.8 Å². The first-order chi connectivity index (χ1) is 15.0. The molecule has 0 atom stereocenters. The van der Waals surface area contributed by atoms with Crippen LogP contribution in [0.25, 0.3) is 10.2 Å². The van der Waals surface area contributed by atoms with Crippen LogP contribution in [0.15, 0.2) is 35.3 Å². The van der Waals surface area contributed by atoms with E-state index in [1.165, 1.54) is 11.3 Å². The van der Waals surface area contributed by atoms with E-state index in [1.807, 2.05) is 44.4 Å². The molecule has 0 bridgehead atoms. The third-order valence-electron chi connectivity index (χ3n) is 4.44. The summed E-state index contributed by atoms with van der Waals surface area (Å²) in [5.41, 5.74) is 2.45. The standard InChI is InChI=1S/C24H26N2O4S/c1-6-12-26-18-11-10-16(5)13-21(18)31-24(26)25-23(27)17-14-19(28-7-2)22(30-9-4)20(15-17)29-8-3/h1,10-11,13-15H,7-9,12H2,2-5H3. The van der Waals surface area contributed by atoms with Gasteiger partial charge in [0.05, 0.1) is 36.6 Å². The van der Waals surface area contributed by atoms with E-state index in [-0.39, 0.29) is 0 Å². The van der Waals surface area contributed by atoms with Gasteiger partial charge in [-0.2, -0.15) is 4.99 Å². The molecular formula is C24H26N2O4S. The van der Waals surface area contributed by atoms with Gasteiger partial charge >= 0.3 is 0 Å². The third kappa shape index (κ3) is 4.92. The highest BCUT2D eigenvalue weighted by atomic mass is 32.1. The predicted octanol–water partition coefficient (Wildman–Crippen LogP) is 4.58. The molecule has 1 heterocycles. The van der Waals surface area contributed by atoms with Crippen molar-refractivity contribution in [3.63, 3.8) is 0 Å². The maximum Gasteiger partial charge on any atom is 0.279 e. The number of terminal acetylenes is 1. The molecule has 31 heavy (non-hydrogen) atoms. The Balaban J connectivity index is 2.13. The van der Waals surface area contributed by atoms with E-state index >= 15 is 0 Å². The summed E-state index contributed by atoms with van der Waals surface area (Å²) in [5, 5.41) is 0. The minimum atomic E-state index is -0.404. The molecule has 0 spiro atoms. The molecule has 2 aromatic carbocycles. The highest BCUT2D eigenvalue weighted by Crippen LogP contribution is 2.39. The number of fused-ring (bicyclic) bond motifs is 1. The lowest BCUT2D eigenvalue weighted by atomic mass is 10.1. The second-order valence-electron chi connectivity index (χ2n) is 6.66. The van der Waals surface area contributed by atoms with Crippen LogP contribution in [0.1, 0.15) is 36.7 Å². The molecule has 0 aliphatic rings. The lowest BCUT2D eigenvalue weighted by Gasteiger charge is -2.16. The summed E-state index contributed by atoms with van der Waals surface area (Å²) in [6.45, 7) is 9.28. The summed E-state index contributed by atoms with van der Waals surface area (Å²) in [6, 6.07) is 9.37. The number of aromatic nitrogens is 1. The van der Waals surface area contributed by atoms with Gasteiger partial charge in [-0.15, -0.1) is 6.42 Å². The van der Waals surface area contributed by atoms with Crippen molar-refractivity contribution < 1.29 is 19.0 Å². The fraction of sp³-hybridized carbons (Fsp3) is 0.333. The van der Waals surface area contributed by atoms with Gasteiger partial charge in [-0.05, 0) is 57.5 Å². The molecule has 3 aromatic rings. The Morgan fingerprint density at radius 2 is 1.71 bits per heavy atom. The minimum Gasteiger partial charge on any atom is -0.490 e. The van der Waals surface area contributed by atoms with Gasteiger partial charge < -0.3 is 18.8 Å². The Morgan fingerprint density at radius 3 is 2.29 bits per heavy atom. The fourth-order valence-corrected chi connectivity index (χ4v) is 4.30. The summed E-state index contributed by atoms with van der Waals surface area (Å²) < 4.78 is 20.0.